The molecule has 0 aliphatic heterocycles. The number of nitrogens with one attached hydrogen (secondary N) is 2. The first-order chi connectivity index (χ1) is 13.0. The van der Waals surface area contributed by atoms with Crippen LogP contribution < -0.4 is 15.4 Å². The third-order valence-electron chi connectivity index (χ3n) is 4.17. The minimum Gasteiger partial charge on any atom is -0.491 e. The molecule has 7 heteroatoms. The Balaban J connectivity index is 0.00000392. The van der Waals surface area contributed by atoms with Gasteiger partial charge in [0.2, 0.25) is 0 Å². The number of aromatic nitrogens is 2. The van der Waals surface area contributed by atoms with E-state index in [2.05, 4.69) is 50.5 Å². The van der Waals surface area contributed by atoms with Gasteiger partial charge in [-0.05, 0) is 64.3 Å². The van der Waals surface area contributed by atoms with Crippen molar-refractivity contribution in [3.05, 3.63) is 47.3 Å². The van der Waals surface area contributed by atoms with Crippen LogP contribution in [0.1, 0.15) is 37.2 Å². The molecule has 0 saturated heterocycles. The molecular formula is C21H34IN5O. The molecule has 2 aromatic rings. The molecule has 1 aromatic heterocycles. The number of hydrogen-bond donors (Lipinski definition) is 2. The fourth-order valence-corrected chi connectivity index (χ4v) is 2.89. The van der Waals surface area contributed by atoms with E-state index in [4.69, 9.17) is 4.74 Å². The van der Waals surface area contributed by atoms with Crippen molar-refractivity contribution in [2.45, 2.75) is 53.2 Å². The summed E-state index contributed by atoms with van der Waals surface area (Å²) in [6, 6.07) is 10.4. The van der Waals surface area contributed by atoms with Crippen LogP contribution in [-0.2, 0) is 13.0 Å². The van der Waals surface area contributed by atoms with Crippen LogP contribution in [0.5, 0.6) is 5.75 Å². The number of halogens is 1. The molecule has 0 spiro atoms. The molecule has 1 aromatic carbocycles. The molecule has 0 bridgehead atoms. The molecule has 6 nitrogen and oxygen atoms in total. The summed E-state index contributed by atoms with van der Waals surface area (Å²) in [4.78, 5) is 4.28. The summed E-state index contributed by atoms with van der Waals surface area (Å²) in [5.74, 6) is 1.75. The van der Waals surface area contributed by atoms with Gasteiger partial charge in [0, 0.05) is 32.4 Å². The van der Waals surface area contributed by atoms with Crippen molar-refractivity contribution in [3.8, 4) is 5.75 Å². The van der Waals surface area contributed by atoms with E-state index in [-0.39, 0.29) is 30.1 Å². The van der Waals surface area contributed by atoms with Gasteiger partial charge in [-0.25, -0.2) is 0 Å². The van der Waals surface area contributed by atoms with Crippen LogP contribution in [-0.4, -0.2) is 42.0 Å². The molecule has 0 aliphatic carbocycles. The molecule has 0 aliphatic rings. The summed E-state index contributed by atoms with van der Waals surface area (Å²) in [6.45, 7) is 10.8. The van der Waals surface area contributed by atoms with Crippen LogP contribution in [0, 0.1) is 13.8 Å². The third-order valence-corrected chi connectivity index (χ3v) is 4.17. The molecule has 156 valence electrons. The van der Waals surface area contributed by atoms with Gasteiger partial charge in [-0.2, -0.15) is 5.10 Å². The fourth-order valence-electron chi connectivity index (χ4n) is 2.89. The Morgan fingerprint density at radius 3 is 2.39 bits per heavy atom. The molecule has 1 heterocycles. The van der Waals surface area contributed by atoms with Crippen molar-refractivity contribution < 1.29 is 4.74 Å². The molecule has 0 unspecified atom stereocenters. The van der Waals surface area contributed by atoms with E-state index in [1.54, 1.807) is 7.05 Å². The highest BCUT2D eigenvalue weighted by molar-refractivity contribution is 14.0. The first-order valence-corrected chi connectivity index (χ1v) is 9.69. The second-order valence-corrected chi connectivity index (χ2v) is 6.99. The molecule has 0 saturated carbocycles. The quantitative estimate of drug-likeness (QED) is 0.239. The number of hydrogen-bond acceptors (Lipinski definition) is 3. The van der Waals surface area contributed by atoms with Crippen molar-refractivity contribution >= 4 is 29.9 Å². The normalized spacial score (nSPS) is 11.3. The minimum atomic E-state index is 0. The highest BCUT2D eigenvalue weighted by atomic mass is 127. The lowest BCUT2D eigenvalue weighted by Gasteiger charge is -2.13. The number of nitrogens with zero attached hydrogens (tertiary/aromatic N) is 3. The maximum absolute atomic E-state index is 5.67. The number of benzene rings is 1. The van der Waals surface area contributed by atoms with Gasteiger partial charge in [-0.15, -0.1) is 24.0 Å². The second kappa shape index (κ2) is 12.6. The number of aryl methyl sites for hydroxylation is 3. The zero-order valence-electron chi connectivity index (χ0n) is 17.7. The lowest BCUT2D eigenvalue weighted by molar-refractivity contribution is 0.242. The molecule has 28 heavy (non-hydrogen) atoms. The standard InChI is InChI=1S/C21H33N5O.HI/c1-16(2)27-20-9-7-19(8-10-20)11-13-24-21(22-5)23-12-6-14-26-18(4)15-17(3)25-26;/h7-10,15-16H,6,11-14H2,1-5H3,(H2,22,23,24);1H. The lowest BCUT2D eigenvalue weighted by atomic mass is 10.1. The maximum Gasteiger partial charge on any atom is 0.190 e. The second-order valence-electron chi connectivity index (χ2n) is 6.99. The van der Waals surface area contributed by atoms with E-state index >= 15 is 0 Å². The Kier molecular flexibility index (Phi) is 11.0. The number of guanidine groups is 1. The first-order valence-electron chi connectivity index (χ1n) is 9.69. The largest absolute Gasteiger partial charge is 0.491 e. The van der Waals surface area contributed by atoms with E-state index in [0.717, 1.165) is 49.9 Å². The zero-order valence-corrected chi connectivity index (χ0v) is 20.0. The van der Waals surface area contributed by atoms with Crippen molar-refractivity contribution in [1.29, 1.82) is 0 Å². The van der Waals surface area contributed by atoms with E-state index in [0.29, 0.717) is 0 Å². The predicted octanol–water partition coefficient (Wildman–Crippen LogP) is 3.70. The van der Waals surface area contributed by atoms with Crippen LogP contribution in [0.25, 0.3) is 0 Å². The van der Waals surface area contributed by atoms with Crippen LogP contribution in [0.2, 0.25) is 0 Å². The Morgan fingerprint density at radius 2 is 1.82 bits per heavy atom. The van der Waals surface area contributed by atoms with Gasteiger partial charge < -0.3 is 15.4 Å². The summed E-state index contributed by atoms with van der Waals surface area (Å²) in [5.41, 5.74) is 3.56. The van der Waals surface area contributed by atoms with Gasteiger partial charge in [0.25, 0.3) is 0 Å². The van der Waals surface area contributed by atoms with Crippen molar-refractivity contribution in [2.24, 2.45) is 4.99 Å². The average Bonchev–Trinajstić information content (AvgIpc) is 2.95. The van der Waals surface area contributed by atoms with Crippen LogP contribution in [0.3, 0.4) is 0 Å². The van der Waals surface area contributed by atoms with E-state index in [9.17, 15) is 0 Å². The zero-order chi connectivity index (χ0) is 19.6. The smallest absolute Gasteiger partial charge is 0.190 e. The lowest BCUT2D eigenvalue weighted by Crippen LogP contribution is -2.39. The predicted molar refractivity (Wildman–Crippen MR) is 127 cm³/mol. The van der Waals surface area contributed by atoms with Crippen LogP contribution in [0.15, 0.2) is 35.3 Å². The Bertz CT molecular complexity index is 725. The molecular weight excluding hydrogens is 465 g/mol. The van der Waals surface area contributed by atoms with Crippen molar-refractivity contribution in [2.75, 3.05) is 20.1 Å². The minimum absolute atomic E-state index is 0. The summed E-state index contributed by atoms with van der Waals surface area (Å²) < 4.78 is 7.73. The molecule has 0 amide bonds. The summed E-state index contributed by atoms with van der Waals surface area (Å²) in [5, 5.41) is 11.2. The van der Waals surface area contributed by atoms with E-state index < -0.39 is 0 Å². The third kappa shape index (κ3) is 8.50. The Labute approximate surface area is 186 Å². The van der Waals surface area contributed by atoms with Gasteiger partial charge in [0.15, 0.2) is 5.96 Å². The van der Waals surface area contributed by atoms with Gasteiger partial charge in [0.1, 0.15) is 5.75 Å². The molecule has 0 radical (unpaired) electrons. The number of aliphatic imine (C=N–C) groups is 1. The van der Waals surface area contributed by atoms with Gasteiger partial charge in [0.05, 0.1) is 11.8 Å². The summed E-state index contributed by atoms with van der Waals surface area (Å²) in [6.07, 6.45) is 2.14. The highest BCUT2D eigenvalue weighted by Crippen LogP contribution is 2.13. The van der Waals surface area contributed by atoms with Gasteiger partial charge >= 0.3 is 0 Å². The van der Waals surface area contributed by atoms with Crippen LogP contribution >= 0.6 is 24.0 Å². The number of rotatable bonds is 9. The SMILES string of the molecule is CN=C(NCCCn1nc(C)cc1C)NCCc1ccc(OC(C)C)cc1.I. The Hall–Kier alpha value is -1.77. The van der Waals surface area contributed by atoms with Crippen molar-refractivity contribution in [3.63, 3.8) is 0 Å². The summed E-state index contributed by atoms with van der Waals surface area (Å²) in [7, 11) is 1.80. The van der Waals surface area contributed by atoms with Gasteiger partial charge in [-0.1, -0.05) is 12.1 Å². The van der Waals surface area contributed by atoms with Crippen LogP contribution in [0.4, 0.5) is 0 Å². The highest BCUT2D eigenvalue weighted by Gasteiger charge is 2.02. The van der Waals surface area contributed by atoms with E-state index in [1.165, 1.54) is 11.3 Å². The average molecular weight is 499 g/mol. The van der Waals surface area contributed by atoms with E-state index in [1.807, 2.05) is 32.9 Å². The monoisotopic (exact) mass is 499 g/mol. The van der Waals surface area contributed by atoms with Gasteiger partial charge in [-0.3, -0.25) is 9.67 Å². The maximum atomic E-state index is 5.67. The molecule has 2 rings (SSSR count). The molecule has 2 N–H and O–H groups in total. The number of ether oxygens (including phenoxy) is 1. The molecule has 0 fully saturated rings. The first kappa shape index (κ1) is 24.3. The van der Waals surface area contributed by atoms with Crippen molar-refractivity contribution in [1.82, 2.24) is 20.4 Å². The molecule has 0 atom stereocenters. The fraction of sp³-hybridized carbons (Fsp3) is 0.524. The summed E-state index contributed by atoms with van der Waals surface area (Å²) >= 11 is 0. The topological polar surface area (TPSA) is 63.5 Å². The Morgan fingerprint density at radius 1 is 1.14 bits per heavy atom.